The largest absolute Gasteiger partial charge is 0.485 e. The molecule has 2 aliphatic heterocycles. The molecule has 1 amide bonds. The summed E-state index contributed by atoms with van der Waals surface area (Å²) in [6.45, 7) is 9.93. The van der Waals surface area contributed by atoms with Gasteiger partial charge in [-0.3, -0.25) is 14.5 Å². The standard InChI is InChI=1S/C32H41N5O5/c1-21(2)12-32(40)37-16-25(17-37)35-31-13-23(8-10-34-31)29(39)6-5-26(38)18-36-11-9-28-22(3)30(7-4-24(28)15-36)41-19-27-14-33-20-42-27/h4,7-8,10,13-14,20-21,25-26,38H,5-6,9,11-12,15-19H2,1-3H3,(H,34,35)/t26-/m0/s1. The van der Waals surface area contributed by atoms with E-state index in [-0.39, 0.29) is 24.2 Å². The molecule has 1 atom stereocenters. The Bertz CT molecular complexity index is 1370. The predicted octanol–water partition coefficient (Wildman–Crippen LogP) is 4.01. The monoisotopic (exact) mass is 575 g/mol. The molecule has 2 N–H and O–H groups in total. The number of nitrogens with one attached hydrogen (secondary N) is 1. The highest BCUT2D eigenvalue weighted by atomic mass is 16.5. The SMILES string of the molecule is Cc1c(OCc2cnco2)ccc2c1CCN(C[C@@H](O)CCC(=O)c1ccnc(NC3CN(C(=O)CC(C)C)C3)c1)C2. The molecule has 0 aliphatic carbocycles. The lowest BCUT2D eigenvalue weighted by atomic mass is 9.94. The van der Waals surface area contributed by atoms with Crippen molar-refractivity contribution in [1.82, 2.24) is 19.8 Å². The van der Waals surface area contributed by atoms with Crippen molar-refractivity contribution < 1.29 is 23.8 Å². The van der Waals surface area contributed by atoms with Gasteiger partial charge in [-0.1, -0.05) is 19.9 Å². The van der Waals surface area contributed by atoms with Crippen LogP contribution in [0.15, 0.2) is 47.5 Å². The number of likely N-dealkylation sites (tertiary alicyclic amines) is 1. The average Bonchev–Trinajstić information content (AvgIpc) is 3.46. The van der Waals surface area contributed by atoms with E-state index in [0.29, 0.717) is 62.1 Å². The maximum absolute atomic E-state index is 12.9. The van der Waals surface area contributed by atoms with Gasteiger partial charge in [-0.15, -0.1) is 0 Å². The summed E-state index contributed by atoms with van der Waals surface area (Å²) in [6.07, 6.45) is 6.19. The van der Waals surface area contributed by atoms with Gasteiger partial charge in [0, 0.05) is 57.3 Å². The summed E-state index contributed by atoms with van der Waals surface area (Å²) in [5, 5.41) is 14.1. The molecular weight excluding hydrogens is 534 g/mol. The number of benzene rings is 1. The summed E-state index contributed by atoms with van der Waals surface area (Å²) >= 11 is 0. The summed E-state index contributed by atoms with van der Waals surface area (Å²) in [5.74, 6) is 2.68. The first-order valence-corrected chi connectivity index (χ1v) is 14.8. The number of oxazole rings is 1. The van der Waals surface area contributed by atoms with E-state index in [9.17, 15) is 14.7 Å². The van der Waals surface area contributed by atoms with Gasteiger partial charge < -0.3 is 24.5 Å². The minimum Gasteiger partial charge on any atom is -0.485 e. The Morgan fingerprint density at radius 2 is 2.07 bits per heavy atom. The Morgan fingerprint density at radius 1 is 1.24 bits per heavy atom. The van der Waals surface area contributed by atoms with E-state index in [0.717, 1.165) is 30.8 Å². The Labute approximate surface area is 247 Å². The van der Waals surface area contributed by atoms with Crippen molar-refractivity contribution in [3.05, 3.63) is 71.1 Å². The summed E-state index contributed by atoms with van der Waals surface area (Å²) in [5.41, 5.74) is 4.25. The summed E-state index contributed by atoms with van der Waals surface area (Å²) < 4.78 is 11.2. The number of β-amino-alcohol motifs (C(OH)–C–C–N with tert-alkyl or cyclic N) is 1. The van der Waals surface area contributed by atoms with Crippen LogP contribution in [0.5, 0.6) is 5.75 Å². The van der Waals surface area contributed by atoms with Gasteiger partial charge >= 0.3 is 0 Å². The van der Waals surface area contributed by atoms with Crippen molar-refractivity contribution in [2.75, 3.05) is 31.5 Å². The number of aromatic nitrogens is 2. The molecule has 2 aromatic heterocycles. The molecule has 0 bridgehead atoms. The third-order valence-corrected chi connectivity index (χ3v) is 8.00. The van der Waals surface area contributed by atoms with E-state index in [1.807, 2.05) is 24.8 Å². The number of ketones is 1. The maximum Gasteiger partial charge on any atom is 0.222 e. The third kappa shape index (κ3) is 7.54. The first-order valence-electron chi connectivity index (χ1n) is 14.8. The highest BCUT2D eigenvalue weighted by molar-refractivity contribution is 5.96. The van der Waals surface area contributed by atoms with Crippen LogP contribution in [-0.4, -0.2) is 74.9 Å². The Kier molecular flexibility index (Phi) is 9.54. The molecule has 10 nitrogen and oxygen atoms in total. The smallest absolute Gasteiger partial charge is 0.222 e. The summed E-state index contributed by atoms with van der Waals surface area (Å²) in [7, 11) is 0. The summed E-state index contributed by atoms with van der Waals surface area (Å²) in [6, 6.07) is 7.71. The molecule has 224 valence electrons. The van der Waals surface area contributed by atoms with Crippen LogP contribution in [0.2, 0.25) is 0 Å². The number of hydrogen-bond acceptors (Lipinski definition) is 9. The number of anilines is 1. The molecule has 10 heteroatoms. The second kappa shape index (κ2) is 13.5. The van der Waals surface area contributed by atoms with Crippen LogP contribution in [0.1, 0.15) is 65.9 Å². The number of aliphatic hydroxyl groups is 1. The van der Waals surface area contributed by atoms with Gasteiger partial charge in [0.05, 0.1) is 18.3 Å². The molecule has 2 aliphatic rings. The number of amides is 1. The molecule has 0 radical (unpaired) electrons. The quantitative estimate of drug-likeness (QED) is 0.291. The topological polar surface area (TPSA) is 121 Å². The van der Waals surface area contributed by atoms with E-state index in [1.54, 1.807) is 24.5 Å². The zero-order chi connectivity index (χ0) is 29.6. The first-order chi connectivity index (χ1) is 20.2. The molecule has 1 fully saturated rings. The van der Waals surface area contributed by atoms with Gasteiger partial charge in [0.25, 0.3) is 0 Å². The number of ether oxygens (including phenoxy) is 1. The lowest BCUT2D eigenvalue weighted by molar-refractivity contribution is -0.135. The molecule has 1 saturated heterocycles. The van der Waals surface area contributed by atoms with Gasteiger partial charge in [0.15, 0.2) is 17.9 Å². The van der Waals surface area contributed by atoms with Gasteiger partial charge in [0.2, 0.25) is 5.91 Å². The fourth-order valence-corrected chi connectivity index (χ4v) is 5.63. The molecule has 4 heterocycles. The van der Waals surface area contributed by atoms with Gasteiger partial charge in [-0.05, 0) is 60.6 Å². The number of carbonyl (C=O) groups excluding carboxylic acids is 2. The zero-order valence-electron chi connectivity index (χ0n) is 24.7. The number of Topliss-reactive ketones (excluding diaryl/α,β-unsaturated/α-hetero) is 1. The van der Waals surface area contributed by atoms with Crippen molar-refractivity contribution in [2.45, 2.75) is 71.8 Å². The first kappa shape index (κ1) is 29.7. The van der Waals surface area contributed by atoms with Crippen LogP contribution in [0.25, 0.3) is 0 Å². The zero-order valence-corrected chi connectivity index (χ0v) is 24.7. The number of rotatable bonds is 13. The Hall–Kier alpha value is -3.76. The average molecular weight is 576 g/mol. The minimum absolute atomic E-state index is 0.0145. The Morgan fingerprint density at radius 3 is 2.83 bits per heavy atom. The molecular formula is C32H41N5O5. The van der Waals surface area contributed by atoms with E-state index < -0.39 is 6.10 Å². The lowest BCUT2D eigenvalue weighted by Crippen LogP contribution is -2.57. The number of pyridine rings is 1. The lowest BCUT2D eigenvalue weighted by Gasteiger charge is -2.40. The molecule has 0 saturated carbocycles. The van der Waals surface area contributed by atoms with E-state index >= 15 is 0 Å². The second-order valence-corrected chi connectivity index (χ2v) is 11.9. The van der Waals surface area contributed by atoms with E-state index in [2.05, 4.69) is 33.2 Å². The number of hydrogen-bond donors (Lipinski definition) is 2. The summed E-state index contributed by atoms with van der Waals surface area (Å²) in [4.78, 5) is 37.5. The highest BCUT2D eigenvalue weighted by Crippen LogP contribution is 2.30. The second-order valence-electron chi connectivity index (χ2n) is 11.9. The highest BCUT2D eigenvalue weighted by Gasteiger charge is 2.31. The number of fused-ring (bicyclic) bond motifs is 1. The molecule has 0 spiro atoms. The number of carbonyl (C=O) groups is 2. The van der Waals surface area contributed by atoms with Gasteiger partial charge in [-0.2, -0.15) is 0 Å². The van der Waals surface area contributed by atoms with Crippen molar-refractivity contribution in [2.24, 2.45) is 5.92 Å². The Balaban J connectivity index is 1.05. The number of aliphatic hydroxyl groups excluding tert-OH is 1. The van der Waals surface area contributed by atoms with Crippen molar-refractivity contribution >= 4 is 17.5 Å². The molecule has 1 aromatic carbocycles. The molecule has 3 aromatic rings. The van der Waals surface area contributed by atoms with Crippen molar-refractivity contribution in [1.29, 1.82) is 0 Å². The van der Waals surface area contributed by atoms with Crippen molar-refractivity contribution in [3.8, 4) is 5.75 Å². The van der Waals surface area contributed by atoms with Crippen LogP contribution in [0, 0.1) is 12.8 Å². The van der Waals surface area contributed by atoms with E-state index in [4.69, 9.17) is 9.15 Å². The normalized spacial score (nSPS) is 16.2. The van der Waals surface area contributed by atoms with E-state index in [1.165, 1.54) is 17.5 Å². The maximum atomic E-state index is 12.9. The van der Waals surface area contributed by atoms with Crippen LogP contribution < -0.4 is 10.1 Å². The molecule has 42 heavy (non-hydrogen) atoms. The number of nitrogens with zero attached hydrogens (tertiary/aromatic N) is 4. The fraction of sp³-hybridized carbons (Fsp3) is 0.500. The van der Waals surface area contributed by atoms with Gasteiger partial charge in [-0.25, -0.2) is 9.97 Å². The van der Waals surface area contributed by atoms with Gasteiger partial charge in [0.1, 0.15) is 18.2 Å². The molecule has 5 rings (SSSR count). The molecule has 0 unspecified atom stereocenters. The van der Waals surface area contributed by atoms with Crippen LogP contribution in [0.4, 0.5) is 5.82 Å². The van der Waals surface area contributed by atoms with Crippen LogP contribution in [0.3, 0.4) is 0 Å². The third-order valence-electron chi connectivity index (χ3n) is 8.00. The predicted molar refractivity (Wildman–Crippen MR) is 158 cm³/mol. The fourth-order valence-electron chi connectivity index (χ4n) is 5.63. The van der Waals surface area contributed by atoms with Crippen molar-refractivity contribution in [3.63, 3.8) is 0 Å². The van der Waals surface area contributed by atoms with Crippen LogP contribution >= 0.6 is 0 Å². The van der Waals surface area contributed by atoms with Crippen LogP contribution in [-0.2, 0) is 24.4 Å². The minimum atomic E-state index is -0.593.